The number of hydrogen-bond donors (Lipinski definition) is 0. The summed E-state index contributed by atoms with van der Waals surface area (Å²) < 4.78 is 7.11. The fourth-order valence-corrected chi connectivity index (χ4v) is 6.73. The van der Waals surface area contributed by atoms with E-state index in [2.05, 4.69) is 165 Å². The molecule has 3 heterocycles. The summed E-state index contributed by atoms with van der Waals surface area (Å²) in [6.45, 7) is 0. The Bertz CT molecular complexity index is 2360. The first-order chi connectivity index (χ1) is 20.4. The predicted octanol–water partition coefficient (Wildman–Crippen LogP) is 9.82. The zero-order valence-electron chi connectivity index (χ0n) is 22.3. The van der Waals surface area contributed by atoms with Gasteiger partial charge in [-0.1, -0.05) is 84.9 Å². The summed E-state index contributed by atoms with van der Waals surface area (Å²) in [5.41, 5.74) is 9.57. The minimum atomic E-state index is 1.14. The second-order valence-electron chi connectivity index (χ2n) is 10.7. The fourth-order valence-electron chi connectivity index (χ4n) is 6.73. The molecule has 0 amide bonds. The average molecular weight is 524 g/mol. The molecule has 0 atom stereocenters. The Morgan fingerprint density at radius 2 is 0.878 bits per heavy atom. The number of rotatable bonds is 3. The van der Waals surface area contributed by atoms with Crippen LogP contribution in [0.15, 0.2) is 152 Å². The second kappa shape index (κ2) is 8.48. The van der Waals surface area contributed by atoms with Crippen LogP contribution in [-0.2, 0) is 0 Å². The highest BCUT2D eigenvalue weighted by molar-refractivity contribution is 6.18. The fraction of sp³-hybridized carbons (Fsp3) is 0. The van der Waals surface area contributed by atoms with Gasteiger partial charge in [0.25, 0.3) is 0 Å². The molecule has 0 radical (unpaired) electrons. The Balaban J connectivity index is 1.30. The van der Waals surface area contributed by atoms with Gasteiger partial charge in [-0.15, -0.1) is 0 Å². The molecule has 3 nitrogen and oxygen atoms in total. The number of aromatic nitrogens is 3. The van der Waals surface area contributed by atoms with Crippen LogP contribution in [0.25, 0.3) is 71.6 Å². The molecule has 0 saturated carbocycles. The number of benzene rings is 6. The molecule has 192 valence electrons. The van der Waals surface area contributed by atoms with Crippen molar-refractivity contribution in [1.82, 2.24) is 13.7 Å². The van der Waals surface area contributed by atoms with Crippen LogP contribution in [0.4, 0.5) is 0 Å². The molecule has 0 aliphatic heterocycles. The van der Waals surface area contributed by atoms with Gasteiger partial charge in [-0.3, -0.25) is 0 Å². The SMILES string of the molecule is c1ccc(-n2c3ccccc3c3ccc4c(ccn4-c4cccc(-n5c6ccccc6c6ccccc65)c4)c32)cc1. The maximum absolute atomic E-state index is 2.41. The first-order valence-electron chi connectivity index (χ1n) is 14.0. The van der Waals surface area contributed by atoms with E-state index in [4.69, 9.17) is 0 Å². The number of fused-ring (bicyclic) bond motifs is 8. The molecule has 3 aromatic heterocycles. The Morgan fingerprint density at radius 3 is 1.59 bits per heavy atom. The lowest BCUT2D eigenvalue weighted by Gasteiger charge is -2.12. The van der Waals surface area contributed by atoms with Gasteiger partial charge in [-0.05, 0) is 60.7 Å². The van der Waals surface area contributed by atoms with Crippen molar-refractivity contribution in [2.24, 2.45) is 0 Å². The van der Waals surface area contributed by atoms with Crippen molar-refractivity contribution >= 4 is 54.5 Å². The van der Waals surface area contributed by atoms with Crippen LogP contribution in [0, 0.1) is 0 Å². The van der Waals surface area contributed by atoms with E-state index in [0.29, 0.717) is 0 Å². The molecule has 41 heavy (non-hydrogen) atoms. The molecule has 9 rings (SSSR count). The highest BCUT2D eigenvalue weighted by atomic mass is 15.0. The highest BCUT2D eigenvalue weighted by Crippen LogP contribution is 2.38. The lowest BCUT2D eigenvalue weighted by molar-refractivity contribution is 1.10. The lowest BCUT2D eigenvalue weighted by atomic mass is 10.1. The molecule has 0 saturated heterocycles. The lowest BCUT2D eigenvalue weighted by Crippen LogP contribution is -1.98. The van der Waals surface area contributed by atoms with Gasteiger partial charge in [0.15, 0.2) is 0 Å². The van der Waals surface area contributed by atoms with Crippen molar-refractivity contribution in [1.29, 1.82) is 0 Å². The van der Waals surface area contributed by atoms with Gasteiger partial charge in [0, 0.05) is 50.2 Å². The summed E-state index contributed by atoms with van der Waals surface area (Å²) >= 11 is 0. The van der Waals surface area contributed by atoms with Crippen molar-refractivity contribution in [2.45, 2.75) is 0 Å². The minimum Gasteiger partial charge on any atom is -0.316 e. The number of para-hydroxylation sites is 4. The van der Waals surface area contributed by atoms with Crippen LogP contribution >= 0.6 is 0 Å². The zero-order valence-corrected chi connectivity index (χ0v) is 22.3. The first kappa shape index (κ1) is 22.3. The van der Waals surface area contributed by atoms with Gasteiger partial charge >= 0.3 is 0 Å². The van der Waals surface area contributed by atoms with E-state index >= 15 is 0 Å². The van der Waals surface area contributed by atoms with Gasteiger partial charge in [-0.2, -0.15) is 0 Å². The standard InChI is InChI=1S/C38H25N3/c1-2-11-26(12-3-1)41-37-20-9-6-17-31(37)32-21-22-34-33(38(32)41)23-24-39(34)27-13-10-14-28(25-27)40-35-18-7-4-15-29(35)30-16-5-8-19-36(30)40/h1-25H. The first-order valence-corrected chi connectivity index (χ1v) is 14.0. The van der Waals surface area contributed by atoms with Crippen LogP contribution in [0.3, 0.4) is 0 Å². The summed E-state index contributed by atoms with van der Waals surface area (Å²) in [5.74, 6) is 0. The molecule has 0 aliphatic rings. The summed E-state index contributed by atoms with van der Waals surface area (Å²) in [5, 5.41) is 6.33. The smallest absolute Gasteiger partial charge is 0.0635 e. The van der Waals surface area contributed by atoms with Crippen molar-refractivity contribution in [3.8, 4) is 17.1 Å². The van der Waals surface area contributed by atoms with E-state index in [1.807, 2.05) is 0 Å². The quantitative estimate of drug-likeness (QED) is 0.219. The predicted molar refractivity (Wildman–Crippen MR) is 172 cm³/mol. The number of nitrogens with zero attached hydrogens (tertiary/aromatic N) is 3. The Morgan fingerprint density at radius 1 is 0.317 bits per heavy atom. The molecule has 0 fully saturated rings. The van der Waals surface area contributed by atoms with Gasteiger partial charge in [0.1, 0.15) is 0 Å². The summed E-state index contributed by atoms with van der Waals surface area (Å²) in [4.78, 5) is 0. The van der Waals surface area contributed by atoms with Gasteiger partial charge < -0.3 is 13.7 Å². The Labute approximate surface area is 236 Å². The summed E-state index contributed by atoms with van der Waals surface area (Å²) in [6, 6.07) is 52.5. The monoisotopic (exact) mass is 523 g/mol. The molecule has 0 N–H and O–H groups in total. The molecular weight excluding hydrogens is 498 g/mol. The van der Waals surface area contributed by atoms with E-state index in [1.165, 1.54) is 60.2 Å². The minimum absolute atomic E-state index is 1.14. The third-order valence-corrected chi connectivity index (χ3v) is 8.46. The van der Waals surface area contributed by atoms with Crippen LogP contribution in [0.2, 0.25) is 0 Å². The van der Waals surface area contributed by atoms with E-state index in [-0.39, 0.29) is 0 Å². The molecule has 0 spiro atoms. The van der Waals surface area contributed by atoms with Gasteiger partial charge in [0.05, 0.1) is 27.6 Å². The van der Waals surface area contributed by atoms with Gasteiger partial charge in [0.2, 0.25) is 0 Å². The molecule has 0 unspecified atom stereocenters. The largest absolute Gasteiger partial charge is 0.316 e. The van der Waals surface area contributed by atoms with E-state index in [0.717, 1.165) is 11.4 Å². The van der Waals surface area contributed by atoms with Crippen molar-refractivity contribution in [3.63, 3.8) is 0 Å². The molecule has 9 aromatic rings. The van der Waals surface area contributed by atoms with Crippen LogP contribution in [0.1, 0.15) is 0 Å². The molecule has 0 bridgehead atoms. The van der Waals surface area contributed by atoms with Crippen LogP contribution in [-0.4, -0.2) is 13.7 Å². The van der Waals surface area contributed by atoms with Crippen LogP contribution < -0.4 is 0 Å². The Hall–Kier alpha value is -5.54. The topological polar surface area (TPSA) is 14.8 Å². The summed E-state index contributed by atoms with van der Waals surface area (Å²) in [6.07, 6.45) is 2.21. The zero-order chi connectivity index (χ0) is 26.9. The average Bonchev–Trinajstić information content (AvgIpc) is 3.72. The highest BCUT2D eigenvalue weighted by Gasteiger charge is 2.17. The summed E-state index contributed by atoms with van der Waals surface area (Å²) in [7, 11) is 0. The normalized spacial score (nSPS) is 11.9. The maximum Gasteiger partial charge on any atom is 0.0635 e. The van der Waals surface area contributed by atoms with Crippen molar-refractivity contribution in [3.05, 3.63) is 152 Å². The van der Waals surface area contributed by atoms with E-state index < -0.39 is 0 Å². The molecular formula is C38H25N3. The molecule has 6 aromatic carbocycles. The molecule has 0 aliphatic carbocycles. The van der Waals surface area contributed by atoms with Gasteiger partial charge in [-0.25, -0.2) is 0 Å². The van der Waals surface area contributed by atoms with Crippen molar-refractivity contribution < 1.29 is 0 Å². The third kappa shape index (κ3) is 3.14. The van der Waals surface area contributed by atoms with E-state index in [9.17, 15) is 0 Å². The maximum atomic E-state index is 2.41. The Kier molecular flexibility index (Phi) is 4.61. The molecule has 3 heteroatoms. The second-order valence-corrected chi connectivity index (χ2v) is 10.7. The van der Waals surface area contributed by atoms with Crippen LogP contribution in [0.5, 0.6) is 0 Å². The van der Waals surface area contributed by atoms with Crippen molar-refractivity contribution in [2.75, 3.05) is 0 Å². The third-order valence-electron chi connectivity index (χ3n) is 8.46. The van der Waals surface area contributed by atoms with E-state index in [1.54, 1.807) is 0 Å². The number of hydrogen-bond acceptors (Lipinski definition) is 0.